The fourth-order valence-corrected chi connectivity index (χ4v) is 10.9. The molecule has 0 unspecified atom stereocenters. The highest BCUT2D eigenvalue weighted by atomic mass is 16.6. The second kappa shape index (κ2) is 66.1. The summed E-state index contributed by atoms with van der Waals surface area (Å²) in [6.45, 7) is 7.80. The highest BCUT2D eigenvalue weighted by Crippen LogP contribution is 2.25. The Kier molecular flexibility index (Phi) is 63.7. The quantitative estimate of drug-likeness (QED) is 0.0196. The van der Waals surface area contributed by atoms with E-state index in [1.54, 1.807) is 0 Å². The normalized spacial score (nSPS) is 14.0. The van der Waals surface area contributed by atoms with Gasteiger partial charge in [-0.05, 0) is 128 Å². The summed E-state index contributed by atoms with van der Waals surface area (Å²) in [7, 11) is 0. The van der Waals surface area contributed by atoms with Gasteiger partial charge in [-0.2, -0.15) is 0 Å². The van der Waals surface area contributed by atoms with Crippen molar-refractivity contribution < 1.29 is 58.6 Å². The number of carbonyl (C=O) groups is 4. The van der Waals surface area contributed by atoms with Crippen LogP contribution in [-0.2, 0) is 38.1 Å². The Morgan fingerprint density at radius 2 is 0.461 bits per heavy atom. The van der Waals surface area contributed by atoms with Crippen LogP contribution in [0.1, 0.15) is 362 Å². The molecule has 0 aromatic heterocycles. The highest BCUT2D eigenvalue weighted by molar-refractivity contribution is 5.71. The topological polar surface area (TPSA) is 186 Å². The summed E-state index contributed by atoms with van der Waals surface area (Å²) in [5.41, 5.74) is -1.30. The zero-order chi connectivity index (χ0) is 65.2. The molecule has 0 aliphatic rings. The van der Waals surface area contributed by atoms with Crippen LogP contribution in [0.25, 0.3) is 0 Å². The van der Waals surface area contributed by atoms with Gasteiger partial charge in [-0.1, -0.05) is 256 Å². The van der Waals surface area contributed by atoms with E-state index in [4.69, 9.17) is 18.9 Å². The first kappa shape index (κ1) is 85.7. The molecule has 0 saturated carbocycles. The highest BCUT2D eigenvalue weighted by Gasteiger charge is 2.38. The third-order valence-corrected chi connectivity index (χ3v) is 17.0. The Balaban J connectivity index is 5.65. The number of hydrogen-bond acceptors (Lipinski definition) is 12. The summed E-state index contributed by atoms with van der Waals surface area (Å²) in [6.07, 6.45) is 64.1. The van der Waals surface area contributed by atoms with Crippen molar-refractivity contribution in [2.75, 3.05) is 26.4 Å². The van der Waals surface area contributed by atoms with Gasteiger partial charge >= 0.3 is 23.9 Å². The van der Waals surface area contributed by atoms with Crippen LogP contribution in [0, 0.1) is 5.41 Å². The fraction of sp³-hybridized carbons (Fsp3) is 0.844. The van der Waals surface area contributed by atoms with Gasteiger partial charge in [-0.15, -0.1) is 0 Å². The molecule has 4 N–H and O–H groups in total. The maximum Gasteiger partial charge on any atom is 0.305 e. The SMILES string of the molecule is CCCCCC[C@@H](O)CC=CCCCCCCCC(=O)OCC(COC(=O)CCCCCCCC=CC[C@H](O)CCCCCC)(COC(=O)CCCCCCCC=CC[C@H](O)CCCCCC)COC(=O)CCCCCCCC=CC[C@H](O)CCCCCC. The predicted octanol–water partition coefficient (Wildman–Crippen LogP) is 20.2. The molecule has 0 aromatic carbocycles. The van der Waals surface area contributed by atoms with Crippen LogP contribution in [0.2, 0.25) is 0 Å². The standard InChI is InChI=1S/C77H140O12/c1-5-9-13-41-53-69(78)57-45-33-25-17-21-29-37-49-61-73(82)86-65-77(66-87-74(83)62-50-38-30-22-18-26-34-46-58-70(79)54-42-14-10-6-2,67-88-75(84)63-51-39-31-23-19-27-35-47-59-71(80)55-43-15-11-7-3)68-89-76(85)64-52-40-32-24-20-28-36-48-60-72(81)56-44-16-12-8-4/h33-36,45-48,69-72,78-81H,5-32,37-44,49-68H2,1-4H3/t69-,70-,71-,72-,77?/m1/s1. The monoisotopic (exact) mass is 1260 g/mol. The maximum atomic E-state index is 13.4. The average Bonchev–Trinajstić information content (AvgIpc) is 2.73. The van der Waals surface area contributed by atoms with E-state index in [-0.39, 0.29) is 76.5 Å². The molecule has 520 valence electrons. The van der Waals surface area contributed by atoms with E-state index in [9.17, 15) is 39.6 Å². The number of rotatable bonds is 68. The van der Waals surface area contributed by atoms with Crippen molar-refractivity contribution in [3.63, 3.8) is 0 Å². The van der Waals surface area contributed by atoms with E-state index in [1.807, 2.05) is 0 Å². The number of aliphatic hydroxyl groups excluding tert-OH is 4. The Morgan fingerprint density at radius 1 is 0.270 bits per heavy atom. The minimum absolute atomic E-state index is 0.210. The average molecular weight is 1260 g/mol. The molecule has 12 heteroatoms. The van der Waals surface area contributed by atoms with Crippen molar-refractivity contribution in [3.8, 4) is 0 Å². The van der Waals surface area contributed by atoms with E-state index >= 15 is 0 Å². The summed E-state index contributed by atoms with van der Waals surface area (Å²) >= 11 is 0. The van der Waals surface area contributed by atoms with Crippen LogP contribution >= 0.6 is 0 Å². The zero-order valence-electron chi connectivity index (χ0n) is 58.1. The third-order valence-electron chi connectivity index (χ3n) is 17.0. The molecule has 0 saturated heterocycles. The lowest BCUT2D eigenvalue weighted by Gasteiger charge is -2.31. The summed E-state index contributed by atoms with van der Waals surface area (Å²) in [5.74, 6) is -1.62. The van der Waals surface area contributed by atoms with Gasteiger partial charge in [-0.25, -0.2) is 0 Å². The second-order valence-electron chi connectivity index (χ2n) is 26.2. The van der Waals surface area contributed by atoms with Crippen molar-refractivity contribution in [1.82, 2.24) is 0 Å². The van der Waals surface area contributed by atoms with Crippen LogP contribution in [0.15, 0.2) is 48.6 Å². The molecule has 12 nitrogen and oxygen atoms in total. The van der Waals surface area contributed by atoms with Gasteiger partial charge in [-0.3, -0.25) is 19.2 Å². The first-order valence-corrected chi connectivity index (χ1v) is 37.3. The molecule has 0 amide bonds. The Bertz CT molecular complexity index is 1460. The van der Waals surface area contributed by atoms with Gasteiger partial charge in [0.05, 0.1) is 24.4 Å². The lowest BCUT2D eigenvalue weighted by Crippen LogP contribution is -2.44. The Hall–Kier alpha value is -3.32. The van der Waals surface area contributed by atoms with E-state index < -0.39 is 29.3 Å². The van der Waals surface area contributed by atoms with E-state index in [0.717, 1.165) is 180 Å². The molecule has 0 aromatic rings. The van der Waals surface area contributed by atoms with Crippen LogP contribution in [-0.4, -0.2) is 95.1 Å². The third kappa shape index (κ3) is 61.9. The molecule has 4 atom stereocenters. The predicted molar refractivity (Wildman–Crippen MR) is 370 cm³/mol. The number of carbonyl (C=O) groups excluding carboxylic acids is 4. The molecule has 0 heterocycles. The summed E-state index contributed by atoms with van der Waals surface area (Å²) in [5, 5.41) is 41.0. The van der Waals surface area contributed by atoms with Gasteiger partial charge in [0.25, 0.3) is 0 Å². The first-order valence-electron chi connectivity index (χ1n) is 37.3. The molecule has 0 radical (unpaired) electrons. The van der Waals surface area contributed by atoms with Crippen LogP contribution in [0.5, 0.6) is 0 Å². The van der Waals surface area contributed by atoms with E-state index in [0.29, 0.717) is 51.4 Å². The minimum Gasteiger partial charge on any atom is -0.465 e. The molecule has 0 fully saturated rings. The van der Waals surface area contributed by atoms with Crippen LogP contribution in [0.4, 0.5) is 0 Å². The zero-order valence-corrected chi connectivity index (χ0v) is 58.1. The van der Waals surface area contributed by atoms with Gasteiger partial charge < -0.3 is 39.4 Å². The molecule has 0 bridgehead atoms. The van der Waals surface area contributed by atoms with E-state index in [1.165, 1.54) is 77.0 Å². The smallest absolute Gasteiger partial charge is 0.305 e. The number of aliphatic hydroxyl groups is 4. The second-order valence-corrected chi connectivity index (χ2v) is 26.2. The van der Waals surface area contributed by atoms with Gasteiger partial charge in [0, 0.05) is 25.7 Å². The molecule has 0 aliphatic carbocycles. The number of hydrogen-bond donors (Lipinski definition) is 4. The minimum atomic E-state index is -1.30. The van der Waals surface area contributed by atoms with Crippen molar-refractivity contribution in [3.05, 3.63) is 48.6 Å². The van der Waals surface area contributed by atoms with Crippen LogP contribution < -0.4 is 0 Å². The van der Waals surface area contributed by atoms with Crippen molar-refractivity contribution >= 4 is 23.9 Å². The van der Waals surface area contributed by atoms with Gasteiger partial charge in [0.15, 0.2) is 0 Å². The lowest BCUT2D eigenvalue weighted by molar-refractivity contribution is -0.170. The summed E-state index contributed by atoms with van der Waals surface area (Å²) in [4.78, 5) is 53.6. The summed E-state index contributed by atoms with van der Waals surface area (Å²) in [6, 6.07) is 0. The van der Waals surface area contributed by atoms with Crippen molar-refractivity contribution in [1.29, 1.82) is 0 Å². The first-order chi connectivity index (χ1) is 43.4. The Morgan fingerprint density at radius 3 is 0.674 bits per heavy atom. The van der Waals surface area contributed by atoms with E-state index in [2.05, 4.69) is 76.3 Å². The maximum absolute atomic E-state index is 13.4. The van der Waals surface area contributed by atoms with Gasteiger partial charge in [0.2, 0.25) is 0 Å². The molecule has 0 spiro atoms. The van der Waals surface area contributed by atoms with Crippen LogP contribution in [0.3, 0.4) is 0 Å². The molecule has 89 heavy (non-hydrogen) atoms. The number of ether oxygens (including phenoxy) is 4. The van der Waals surface area contributed by atoms with Gasteiger partial charge in [0.1, 0.15) is 31.8 Å². The molecular formula is C77H140O12. The van der Waals surface area contributed by atoms with Crippen molar-refractivity contribution in [2.24, 2.45) is 5.41 Å². The number of allylic oxidation sites excluding steroid dienone is 4. The molecular weight excluding hydrogens is 1120 g/mol. The lowest BCUT2D eigenvalue weighted by atomic mass is 9.92. The number of esters is 4. The summed E-state index contributed by atoms with van der Waals surface area (Å²) < 4.78 is 23.7. The fourth-order valence-electron chi connectivity index (χ4n) is 10.9. The molecule has 0 aliphatic heterocycles. The van der Waals surface area contributed by atoms with Crippen molar-refractivity contribution in [2.45, 2.75) is 386 Å². The molecule has 0 rings (SSSR count). The largest absolute Gasteiger partial charge is 0.465 e. The number of unbranched alkanes of at least 4 members (excludes halogenated alkanes) is 32. The Labute approximate surface area is 546 Å².